The van der Waals surface area contributed by atoms with Crippen LogP contribution >= 0.6 is 0 Å². The lowest BCUT2D eigenvalue weighted by Gasteiger charge is -2.35. The number of nitrogens with one attached hydrogen (secondary N) is 1. The van der Waals surface area contributed by atoms with Gasteiger partial charge in [-0.15, -0.1) is 0 Å². The number of carbonyl (C=O) groups excluding carboxylic acids is 3. The molecule has 1 aromatic rings. The highest BCUT2D eigenvalue weighted by molar-refractivity contribution is 6.00. The van der Waals surface area contributed by atoms with Crippen LogP contribution in [-0.4, -0.2) is 73.5 Å². The summed E-state index contributed by atoms with van der Waals surface area (Å²) < 4.78 is 11.7. The second-order valence-corrected chi connectivity index (χ2v) is 8.74. The maximum Gasteiger partial charge on any atom is 0.257 e. The van der Waals surface area contributed by atoms with Gasteiger partial charge in [-0.1, -0.05) is 6.92 Å². The Hall–Kier alpha value is -2.61. The van der Waals surface area contributed by atoms with Crippen molar-refractivity contribution in [3.8, 4) is 5.75 Å². The molecular weight excluding hydrogens is 398 g/mol. The summed E-state index contributed by atoms with van der Waals surface area (Å²) in [7, 11) is 3.34. The highest BCUT2D eigenvalue weighted by Gasteiger charge is 2.31. The van der Waals surface area contributed by atoms with Crippen LogP contribution in [0.5, 0.6) is 5.75 Å². The van der Waals surface area contributed by atoms with Crippen LogP contribution in [0, 0.1) is 11.8 Å². The van der Waals surface area contributed by atoms with Gasteiger partial charge in [-0.05, 0) is 38.0 Å². The number of ether oxygens (including phenoxy) is 2. The van der Waals surface area contributed by atoms with E-state index in [-0.39, 0.29) is 48.3 Å². The van der Waals surface area contributed by atoms with E-state index in [1.54, 1.807) is 49.1 Å². The van der Waals surface area contributed by atoms with Crippen molar-refractivity contribution < 1.29 is 23.9 Å². The lowest BCUT2D eigenvalue weighted by atomic mass is 10.0. The van der Waals surface area contributed by atoms with Crippen molar-refractivity contribution in [1.29, 1.82) is 0 Å². The van der Waals surface area contributed by atoms with E-state index in [4.69, 9.17) is 9.47 Å². The van der Waals surface area contributed by atoms with Crippen molar-refractivity contribution in [3.05, 3.63) is 23.8 Å². The third-order valence-corrected chi connectivity index (χ3v) is 6.06. The van der Waals surface area contributed by atoms with Gasteiger partial charge in [0.15, 0.2) is 0 Å². The molecule has 1 saturated carbocycles. The fourth-order valence-electron chi connectivity index (χ4n) is 3.88. The highest BCUT2D eigenvalue weighted by Crippen LogP contribution is 2.31. The topological polar surface area (TPSA) is 88.2 Å². The number of methoxy groups -OCH3 is 1. The summed E-state index contributed by atoms with van der Waals surface area (Å²) in [5.41, 5.74) is 0.948. The Morgan fingerprint density at radius 3 is 2.52 bits per heavy atom. The van der Waals surface area contributed by atoms with Gasteiger partial charge in [0, 0.05) is 51.7 Å². The summed E-state index contributed by atoms with van der Waals surface area (Å²) in [4.78, 5) is 41.1. The minimum atomic E-state index is -0.232. The predicted molar refractivity (Wildman–Crippen MR) is 117 cm³/mol. The van der Waals surface area contributed by atoms with Gasteiger partial charge >= 0.3 is 0 Å². The SMILES string of the molecule is CO[C@H]1CN(C)C(=O)c2cc(NC(=O)C3CC3)ccc2OC[C@@H](C)N(C(C)=O)C[C@@H]1C. The van der Waals surface area contributed by atoms with Crippen molar-refractivity contribution in [2.24, 2.45) is 11.8 Å². The van der Waals surface area contributed by atoms with Gasteiger partial charge in [0.2, 0.25) is 11.8 Å². The van der Waals surface area contributed by atoms with Gasteiger partial charge in [-0.2, -0.15) is 0 Å². The fourth-order valence-corrected chi connectivity index (χ4v) is 3.88. The molecule has 1 heterocycles. The monoisotopic (exact) mass is 431 g/mol. The second kappa shape index (κ2) is 9.68. The normalized spacial score (nSPS) is 25.1. The van der Waals surface area contributed by atoms with Crippen LogP contribution in [0.15, 0.2) is 18.2 Å². The first-order valence-corrected chi connectivity index (χ1v) is 10.8. The minimum Gasteiger partial charge on any atom is -0.491 e. The molecule has 170 valence electrons. The number of fused-ring (bicyclic) bond motifs is 1. The van der Waals surface area contributed by atoms with E-state index in [1.807, 2.05) is 13.8 Å². The van der Waals surface area contributed by atoms with E-state index in [1.165, 1.54) is 0 Å². The molecule has 2 aliphatic rings. The first-order chi connectivity index (χ1) is 14.7. The van der Waals surface area contributed by atoms with E-state index in [9.17, 15) is 14.4 Å². The molecule has 3 atom stereocenters. The zero-order valence-electron chi connectivity index (χ0n) is 19.0. The molecule has 8 heteroatoms. The molecule has 1 aromatic carbocycles. The smallest absolute Gasteiger partial charge is 0.257 e. The van der Waals surface area contributed by atoms with Gasteiger partial charge in [0.25, 0.3) is 5.91 Å². The Labute approximate surface area is 183 Å². The van der Waals surface area contributed by atoms with Crippen molar-refractivity contribution in [3.63, 3.8) is 0 Å². The van der Waals surface area contributed by atoms with Crippen LogP contribution in [0.3, 0.4) is 0 Å². The summed E-state index contributed by atoms with van der Waals surface area (Å²) in [6.45, 7) is 6.63. The second-order valence-electron chi connectivity index (χ2n) is 8.74. The summed E-state index contributed by atoms with van der Waals surface area (Å²) >= 11 is 0. The number of amides is 3. The molecule has 8 nitrogen and oxygen atoms in total. The van der Waals surface area contributed by atoms with E-state index in [2.05, 4.69) is 5.32 Å². The van der Waals surface area contributed by atoms with Crippen LogP contribution in [0.25, 0.3) is 0 Å². The van der Waals surface area contributed by atoms with Crippen LogP contribution in [0.4, 0.5) is 5.69 Å². The number of rotatable bonds is 3. The summed E-state index contributed by atoms with van der Waals surface area (Å²) in [6.07, 6.45) is 1.58. The Balaban J connectivity index is 1.93. The number of hydrogen-bond donors (Lipinski definition) is 1. The molecular formula is C23H33N3O5. The van der Waals surface area contributed by atoms with Crippen LogP contribution in [0.1, 0.15) is 44.0 Å². The van der Waals surface area contributed by atoms with Gasteiger partial charge in [-0.3, -0.25) is 14.4 Å². The Kier molecular flexibility index (Phi) is 7.20. The first-order valence-electron chi connectivity index (χ1n) is 10.8. The average molecular weight is 432 g/mol. The summed E-state index contributed by atoms with van der Waals surface area (Å²) in [6, 6.07) is 4.94. The molecule has 0 bridgehead atoms. The largest absolute Gasteiger partial charge is 0.491 e. The molecule has 1 N–H and O–H groups in total. The zero-order chi connectivity index (χ0) is 22.7. The summed E-state index contributed by atoms with van der Waals surface area (Å²) in [5, 5.41) is 2.89. The number of carbonyl (C=O) groups is 3. The zero-order valence-corrected chi connectivity index (χ0v) is 19.0. The number of hydrogen-bond acceptors (Lipinski definition) is 5. The standard InChI is InChI=1S/C23H33N3O5/c1-14-11-26(16(3)27)15(2)13-31-20-9-8-18(24-22(28)17-6-7-17)10-19(20)23(29)25(4)12-21(14)30-5/h8-10,14-15,17,21H,6-7,11-13H2,1-5H3,(H,24,28)/t14-,15+,21-/m0/s1. The van der Waals surface area contributed by atoms with Crippen LogP contribution < -0.4 is 10.1 Å². The lowest BCUT2D eigenvalue weighted by Crippen LogP contribution is -2.48. The molecule has 1 aliphatic carbocycles. The van der Waals surface area contributed by atoms with Gasteiger partial charge in [0.1, 0.15) is 12.4 Å². The summed E-state index contributed by atoms with van der Waals surface area (Å²) in [5.74, 6) is 0.265. The molecule has 31 heavy (non-hydrogen) atoms. The van der Waals surface area contributed by atoms with Crippen molar-refractivity contribution >= 4 is 23.4 Å². The van der Waals surface area contributed by atoms with E-state index in [0.717, 1.165) is 12.8 Å². The molecule has 1 aliphatic heterocycles. The van der Waals surface area contributed by atoms with E-state index < -0.39 is 0 Å². The van der Waals surface area contributed by atoms with Crippen molar-refractivity contribution in [1.82, 2.24) is 9.80 Å². The molecule has 0 unspecified atom stereocenters. The fraction of sp³-hybridized carbons (Fsp3) is 0.609. The van der Waals surface area contributed by atoms with Crippen LogP contribution in [0.2, 0.25) is 0 Å². The molecule has 0 saturated heterocycles. The Bertz CT molecular complexity index is 839. The third-order valence-electron chi connectivity index (χ3n) is 6.06. The van der Waals surface area contributed by atoms with Crippen molar-refractivity contribution in [2.45, 2.75) is 45.8 Å². The van der Waals surface area contributed by atoms with Gasteiger partial charge in [0.05, 0.1) is 17.7 Å². The maximum absolute atomic E-state index is 13.3. The Morgan fingerprint density at radius 1 is 1.19 bits per heavy atom. The lowest BCUT2D eigenvalue weighted by molar-refractivity contribution is -0.133. The van der Waals surface area contributed by atoms with E-state index >= 15 is 0 Å². The third kappa shape index (κ3) is 5.55. The Morgan fingerprint density at radius 2 is 1.90 bits per heavy atom. The number of likely N-dealkylation sites (N-methyl/N-ethyl adjacent to an activating group) is 1. The molecule has 1 fully saturated rings. The van der Waals surface area contributed by atoms with Gasteiger partial charge in [-0.25, -0.2) is 0 Å². The number of anilines is 1. The maximum atomic E-state index is 13.3. The number of benzene rings is 1. The quantitative estimate of drug-likeness (QED) is 0.794. The molecule has 3 rings (SSSR count). The number of nitrogens with zero attached hydrogens (tertiary/aromatic N) is 2. The predicted octanol–water partition coefficient (Wildman–Crippen LogP) is 2.39. The first kappa shape index (κ1) is 23.1. The molecule has 0 radical (unpaired) electrons. The van der Waals surface area contributed by atoms with Gasteiger partial charge < -0.3 is 24.6 Å². The average Bonchev–Trinajstić information content (AvgIpc) is 3.58. The molecule has 0 spiro atoms. The van der Waals surface area contributed by atoms with E-state index in [0.29, 0.717) is 30.1 Å². The van der Waals surface area contributed by atoms with Crippen LogP contribution in [-0.2, 0) is 14.3 Å². The van der Waals surface area contributed by atoms with Crippen molar-refractivity contribution in [2.75, 3.05) is 39.2 Å². The molecule has 0 aromatic heterocycles. The highest BCUT2D eigenvalue weighted by atomic mass is 16.5. The minimum absolute atomic E-state index is 0.0196. The molecule has 3 amide bonds.